The van der Waals surface area contributed by atoms with Crippen molar-refractivity contribution in [1.82, 2.24) is 4.31 Å². The fourth-order valence-corrected chi connectivity index (χ4v) is 5.19. The van der Waals surface area contributed by atoms with Gasteiger partial charge in [0.05, 0.1) is 10.6 Å². The number of carbonyl (C=O) groups excluding carboxylic acids is 2. The van der Waals surface area contributed by atoms with Gasteiger partial charge in [0.15, 0.2) is 11.9 Å². The molecule has 0 unspecified atom stereocenters. The zero-order valence-electron chi connectivity index (χ0n) is 13.7. The molecule has 1 aromatic carbocycles. The van der Waals surface area contributed by atoms with Crippen molar-refractivity contribution in [2.24, 2.45) is 0 Å². The second kappa shape index (κ2) is 7.43. The van der Waals surface area contributed by atoms with Crippen LogP contribution in [0.5, 0.6) is 0 Å². The molecule has 1 aliphatic carbocycles. The summed E-state index contributed by atoms with van der Waals surface area (Å²) >= 11 is 6.07. The van der Waals surface area contributed by atoms with E-state index in [0.717, 1.165) is 25.7 Å². The van der Waals surface area contributed by atoms with Gasteiger partial charge in [0.25, 0.3) is 0 Å². The third-order valence-electron chi connectivity index (χ3n) is 4.60. The van der Waals surface area contributed by atoms with Crippen LogP contribution in [0, 0.1) is 0 Å². The first-order valence-electron chi connectivity index (χ1n) is 8.43. The number of halogens is 1. The average Bonchev–Trinajstić information content (AvgIpc) is 3.12. The van der Waals surface area contributed by atoms with Gasteiger partial charge in [-0.15, -0.1) is 0 Å². The Labute approximate surface area is 152 Å². The molecule has 0 bridgehead atoms. The fourth-order valence-electron chi connectivity index (χ4n) is 3.17. The predicted octanol–water partition coefficient (Wildman–Crippen LogP) is 2.79. The Morgan fingerprint density at radius 2 is 1.88 bits per heavy atom. The highest BCUT2D eigenvalue weighted by Crippen LogP contribution is 2.29. The van der Waals surface area contributed by atoms with Crippen LogP contribution in [0.25, 0.3) is 0 Å². The molecule has 25 heavy (non-hydrogen) atoms. The predicted molar refractivity (Wildman–Crippen MR) is 92.1 cm³/mol. The van der Waals surface area contributed by atoms with Crippen LogP contribution in [0.1, 0.15) is 48.9 Å². The van der Waals surface area contributed by atoms with Gasteiger partial charge >= 0.3 is 5.97 Å². The average molecular weight is 386 g/mol. The maximum atomic E-state index is 12.7. The molecule has 0 N–H and O–H groups in total. The molecule has 1 heterocycles. The highest BCUT2D eigenvalue weighted by atomic mass is 35.5. The number of Topliss-reactive ketones (excluding diaryl/α,β-unsaturated/α-hetero) is 1. The Morgan fingerprint density at radius 1 is 1.16 bits per heavy atom. The lowest BCUT2D eigenvalue weighted by atomic mass is 9.96. The Bertz CT molecular complexity index is 786. The van der Waals surface area contributed by atoms with Crippen molar-refractivity contribution >= 4 is 33.4 Å². The minimum atomic E-state index is -3.74. The fraction of sp³-hybridized carbons (Fsp3) is 0.529. The molecule has 1 aliphatic heterocycles. The van der Waals surface area contributed by atoms with Crippen LogP contribution in [-0.2, 0) is 19.6 Å². The summed E-state index contributed by atoms with van der Waals surface area (Å²) in [4.78, 5) is 24.1. The molecular weight excluding hydrogens is 366 g/mol. The minimum Gasteiger partial charge on any atom is -0.451 e. The van der Waals surface area contributed by atoms with Gasteiger partial charge < -0.3 is 4.74 Å². The van der Waals surface area contributed by atoms with Crippen molar-refractivity contribution in [1.29, 1.82) is 0 Å². The number of hydrogen-bond donors (Lipinski definition) is 0. The van der Waals surface area contributed by atoms with Gasteiger partial charge in [0.1, 0.15) is 4.90 Å². The van der Waals surface area contributed by atoms with E-state index in [-0.39, 0.29) is 21.3 Å². The zero-order chi connectivity index (χ0) is 18.0. The van der Waals surface area contributed by atoms with E-state index in [0.29, 0.717) is 25.9 Å². The second-order valence-electron chi connectivity index (χ2n) is 6.36. The number of nitrogens with zero attached hydrogens (tertiary/aromatic N) is 1. The Hall–Kier alpha value is -1.44. The number of ether oxygens (including phenoxy) is 1. The van der Waals surface area contributed by atoms with Crippen LogP contribution in [0.15, 0.2) is 23.1 Å². The first kappa shape index (κ1) is 18.4. The zero-order valence-corrected chi connectivity index (χ0v) is 15.3. The molecule has 6 nitrogen and oxygen atoms in total. The molecule has 3 rings (SSSR count). The van der Waals surface area contributed by atoms with E-state index in [1.54, 1.807) is 0 Å². The Balaban J connectivity index is 1.83. The molecule has 1 atom stereocenters. The normalized spacial score (nSPS) is 22.1. The third kappa shape index (κ3) is 3.88. The van der Waals surface area contributed by atoms with Crippen molar-refractivity contribution in [3.8, 4) is 0 Å². The lowest BCUT2D eigenvalue weighted by Crippen LogP contribution is -2.30. The molecule has 2 aliphatic rings. The van der Waals surface area contributed by atoms with Crippen molar-refractivity contribution < 1.29 is 22.7 Å². The van der Waals surface area contributed by atoms with Gasteiger partial charge in [-0.2, -0.15) is 4.31 Å². The Kier molecular flexibility index (Phi) is 5.46. The maximum absolute atomic E-state index is 12.7. The first-order valence-corrected chi connectivity index (χ1v) is 10.2. The number of rotatable bonds is 4. The molecule has 0 radical (unpaired) electrons. The summed E-state index contributed by atoms with van der Waals surface area (Å²) in [6, 6.07) is 4.04. The summed E-state index contributed by atoms with van der Waals surface area (Å²) in [6.45, 7) is 0.897. The molecule has 0 spiro atoms. The molecule has 0 aromatic heterocycles. The minimum absolute atomic E-state index is 0.0668. The van der Waals surface area contributed by atoms with Crippen molar-refractivity contribution in [2.75, 3.05) is 13.1 Å². The summed E-state index contributed by atoms with van der Waals surface area (Å²) in [6.07, 6.45) is 3.44. The monoisotopic (exact) mass is 385 g/mol. The summed E-state index contributed by atoms with van der Waals surface area (Å²) in [5.41, 5.74) is 0.0838. The van der Waals surface area contributed by atoms with Gasteiger partial charge in [-0.1, -0.05) is 11.6 Å². The van der Waals surface area contributed by atoms with Gasteiger partial charge in [-0.3, -0.25) is 4.79 Å². The van der Waals surface area contributed by atoms with Crippen LogP contribution < -0.4 is 0 Å². The number of hydrogen-bond acceptors (Lipinski definition) is 5. The second-order valence-corrected chi connectivity index (χ2v) is 8.68. The molecule has 8 heteroatoms. The van der Waals surface area contributed by atoms with Crippen molar-refractivity contribution in [3.63, 3.8) is 0 Å². The van der Waals surface area contributed by atoms with Gasteiger partial charge in [-0.25, -0.2) is 13.2 Å². The number of benzene rings is 1. The van der Waals surface area contributed by atoms with Crippen LogP contribution in [0.2, 0.25) is 5.02 Å². The molecule has 1 aromatic rings. The van der Waals surface area contributed by atoms with E-state index >= 15 is 0 Å². The van der Waals surface area contributed by atoms with Crippen LogP contribution in [-0.4, -0.2) is 43.7 Å². The summed E-state index contributed by atoms with van der Waals surface area (Å²) < 4.78 is 32.1. The molecule has 1 saturated heterocycles. The van der Waals surface area contributed by atoms with Gasteiger partial charge in [0, 0.05) is 19.5 Å². The first-order chi connectivity index (χ1) is 11.9. The number of carbonyl (C=O) groups is 2. The van der Waals surface area contributed by atoms with E-state index in [9.17, 15) is 18.0 Å². The third-order valence-corrected chi connectivity index (χ3v) is 6.98. The van der Waals surface area contributed by atoms with Crippen LogP contribution >= 0.6 is 11.6 Å². The van der Waals surface area contributed by atoms with Gasteiger partial charge in [0.2, 0.25) is 10.0 Å². The summed E-state index contributed by atoms with van der Waals surface area (Å²) in [5.74, 6) is -0.784. The van der Waals surface area contributed by atoms with E-state index in [1.807, 2.05) is 0 Å². The lowest BCUT2D eigenvalue weighted by Gasteiger charge is -2.21. The van der Waals surface area contributed by atoms with Crippen LogP contribution in [0.4, 0.5) is 0 Å². The number of esters is 1. The van der Waals surface area contributed by atoms with Gasteiger partial charge in [-0.05, 0) is 50.3 Å². The summed E-state index contributed by atoms with van der Waals surface area (Å²) in [7, 11) is -3.74. The van der Waals surface area contributed by atoms with Crippen LogP contribution in [0.3, 0.4) is 0 Å². The SMILES string of the molecule is O=C(O[C@@H]1CCCCC1=O)c1ccc(Cl)c(S(=O)(=O)N2CCCC2)c1. The molecular formula is C17H20ClNO5S. The molecule has 136 valence electrons. The highest BCUT2D eigenvalue weighted by molar-refractivity contribution is 7.89. The van der Waals surface area contributed by atoms with Crippen molar-refractivity contribution in [3.05, 3.63) is 28.8 Å². The number of sulfonamides is 1. The van der Waals surface area contributed by atoms with Crippen molar-refractivity contribution in [2.45, 2.75) is 49.5 Å². The number of ketones is 1. The largest absolute Gasteiger partial charge is 0.451 e. The smallest absolute Gasteiger partial charge is 0.338 e. The topological polar surface area (TPSA) is 80.8 Å². The quantitative estimate of drug-likeness (QED) is 0.744. The van der Waals surface area contributed by atoms with E-state index < -0.39 is 22.1 Å². The molecule has 2 fully saturated rings. The Morgan fingerprint density at radius 3 is 2.56 bits per heavy atom. The van der Waals surface area contributed by atoms with E-state index in [2.05, 4.69) is 0 Å². The summed E-state index contributed by atoms with van der Waals surface area (Å²) in [5, 5.41) is 0.0668. The van der Waals surface area contributed by atoms with E-state index in [1.165, 1.54) is 22.5 Å². The van der Waals surface area contributed by atoms with E-state index in [4.69, 9.17) is 16.3 Å². The lowest BCUT2D eigenvalue weighted by molar-refractivity contribution is -0.129. The maximum Gasteiger partial charge on any atom is 0.338 e. The molecule has 0 amide bonds. The standard InChI is InChI=1S/C17H20ClNO5S/c18-13-8-7-12(17(21)24-15-6-2-1-5-14(15)20)11-16(13)25(22,23)19-9-3-4-10-19/h7-8,11,15H,1-6,9-10H2/t15-/m1/s1. The molecule has 1 saturated carbocycles. The highest BCUT2D eigenvalue weighted by Gasteiger charge is 2.31.